The molecule has 2 aliphatic rings. The Morgan fingerprint density at radius 3 is 2.73 bits per heavy atom. The molecule has 0 spiro atoms. The van der Waals surface area contributed by atoms with Crippen molar-refractivity contribution in [1.82, 2.24) is 10.2 Å². The summed E-state index contributed by atoms with van der Waals surface area (Å²) in [6.45, 7) is 2.94. The minimum Gasteiger partial charge on any atom is -0.493 e. The first-order valence-corrected chi connectivity index (χ1v) is 9.97. The SMILES string of the molecule is CCCN1C(=S)NC(c2cc(Br)c(OC)c(OC)c2)C2=C1CCCC2=O. The summed E-state index contributed by atoms with van der Waals surface area (Å²) in [5.74, 6) is 1.44. The Hall–Kier alpha value is -1.60. The molecule has 140 valence electrons. The molecule has 1 aliphatic heterocycles. The minimum atomic E-state index is -0.269. The fourth-order valence-corrected chi connectivity index (χ4v) is 4.61. The predicted octanol–water partition coefficient (Wildman–Crippen LogP) is 4.11. The van der Waals surface area contributed by atoms with E-state index in [9.17, 15) is 4.79 Å². The average Bonchev–Trinajstić information content (AvgIpc) is 2.63. The van der Waals surface area contributed by atoms with E-state index in [2.05, 4.69) is 33.1 Å². The molecule has 0 saturated carbocycles. The van der Waals surface area contributed by atoms with E-state index < -0.39 is 0 Å². The lowest BCUT2D eigenvalue weighted by molar-refractivity contribution is -0.116. The third-order valence-electron chi connectivity index (χ3n) is 4.79. The van der Waals surface area contributed by atoms with Gasteiger partial charge in [-0.25, -0.2) is 0 Å². The third kappa shape index (κ3) is 3.34. The van der Waals surface area contributed by atoms with E-state index in [1.165, 1.54) is 0 Å². The highest BCUT2D eigenvalue weighted by Gasteiger charge is 2.37. The van der Waals surface area contributed by atoms with Crippen LogP contribution in [-0.4, -0.2) is 36.6 Å². The molecular formula is C19H23BrN2O3S. The van der Waals surface area contributed by atoms with Crippen LogP contribution in [0.5, 0.6) is 11.5 Å². The molecule has 26 heavy (non-hydrogen) atoms. The van der Waals surface area contributed by atoms with Crippen LogP contribution in [0.4, 0.5) is 0 Å². The molecule has 1 aliphatic carbocycles. The number of ketones is 1. The molecule has 3 rings (SSSR count). The third-order valence-corrected chi connectivity index (χ3v) is 5.72. The zero-order valence-electron chi connectivity index (χ0n) is 15.2. The van der Waals surface area contributed by atoms with Crippen molar-refractivity contribution in [2.75, 3.05) is 20.8 Å². The summed E-state index contributed by atoms with van der Waals surface area (Å²) in [4.78, 5) is 14.9. The summed E-state index contributed by atoms with van der Waals surface area (Å²) in [5, 5.41) is 4.05. The van der Waals surface area contributed by atoms with Crippen molar-refractivity contribution in [2.45, 2.75) is 38.6 Å². The second-order valence-corrected chi connectivity index (χ2v) is 7.65. The Labute approximate surface area is 167 Å². The molecule has 1 aromatic carbocycles. The fraction of sp³-hybridized carbons (Fsp3) is 0.474. The van der Waals surface area contributed by atoms with Crippen LogP contribution in [0.3, 0.4) is 0 Å². The zero-order valence-corrected chi connectivity index (χ0v) is 17.6. The number of nitrogens with zero attached hydrogens (tertiary/aromatic N) is 1. The van der Waals surface area contributed by atoms with Gasteiger partial charge in [-0.15, -0.1) is 0 Å². The van der Waals surface area contributed by atoms with E-state index in [1.807, 2.05) is 12.1 Å². The van der Waals surface area contributed by atoms with Crippen LogP contribution in [0, 0.1) is 0 Å². The van der Waals surface area contributed by atoms with E-state index in [4.69, 9.17) is 21.7 Å². The average molecular weight is 439 g/mol. The molecular weight excluding hydrogens is 416 g/mol. The Morgan fingerprint density at radius 2 is 2.08 bits per heavy atom. The Morgan fingerprint density at radius 1 is 1.31 bits per heavy atom. The number of ether oxygens (including phenoxy) is 2. The number of carbonyl (C=O) groups is 1. The zero-order chi connectivity index (χ0) is 18.8. The molecule has 1 unspecified atom stereocenters. The van der Waals surface area contributed by atoms with E-state index in [0.717, 1.165) is 47.1 Å². The first kappa shape index (κ1) is 19.2. The maximum atomic E-state index is 12.8. The van der Waals surface area contributed by atoms with Crippen LogP contribution < -0.4 is 14.8 Å². The largest absolute Gasteiger partial charge is 0.493 e. The second-order valence-electron chi connectivity index (χ2n) is 6.41. The van der Waals surface area contributed by atoms with Gasteiger partial charge in [-0.3, -0.25) is 4.79 Å². The lowest BCUT2D eigenvalue weighted by atomic mass is 9.84. The maximum Gasteiger partial charge on any atom is 0.174 e. The van der Waals surface area contributed by atoms with Crippen molar-refractivity contribution in [3.8, 4) is 11.5 Å². The van der Waals surface area contributed by atoms with Gasteiger partial charge in [0.05, 0.1) is 24.7 Å². The highest BCUT2D eigenvalue weighted by molar-refractivity contribution is 9.10. The fourth-order valence-electron chi connectivity index (χ4n) is 3.67. The Kier molecular flexibility index (Phi) is 5.87. The number of thiocarbonyl (C=S) groups is 1. The molecule has 5 nitrogen and oxygen atoms in total. The first-order valence-electron chi connectivity index (χ1n) is 8.77. The summed E-state index contributed by atoms with van der Waals surface area (Å²) in [5.41, 5.74) is 2.83. The van der Waals surface area contributed by atoms with E-state index in [-0.39, 0.29) is 11.8 Å². The Balaban J connectivity index is 2.12. The van der Waals surface area contributed by atoms with Gasteiger partial charge < -0.3 is 19.7 Å². The number of nitrogens with one attached hydrogen (secondary N) is 1. The van der Waals surface area contributed by atoms with Gasteiger partial charge in [-0.2, -0.15) is 0 Å². The molecule has 0 saturated heterocycles. The Bertz CT molecular complexity index is 778. The van der Waals surface area contributed by atoms with Gasteiger partial charge in [0, 0.05) is 24.2 Å². The van der Waals surface area contributed by atoms with Crippen molar-refractivity contribution in [3.05, 3.63) is 33.4 Å². The highest BCUT2D eigenvalue weighted by Crippen LogP contribution is 2.42. The summed E-state index contributed by atoms with van der Waals surface area (Å²) in [7, 11) is 3.20. The normalized spacial score (nSPS) is 20.0. The van der Waals surface area contributed by atoms with Crippen molar-refractivity contribution >= 4 is 39.0 Å². The second kappa shape index (κ2) is 7.96. The number of carbonyl (C=O) groups excluding carboxylic acids is 1. The number of hydrogen-bond donors (Lipinski definition) is 1. The number of halogens is 1. The van der Waals surface area contributed by atoms with Gasteiger partial charge in [-0.05, 0) is 65.1 Å². The van der Waals surface area contributed by atoms with Crippen molar-refractivity contribution < 1.29 is 14.3 Å². The number of hydrogen-bond acceptors (Lipinski definition) is 4. The van der Waals surface area contributed by atoms with Crippen LogP contribution in [0.15, 0.2) is 27.9 Å². The van der Waals surface area contributed by atoms with E-state index >= 15 is 0 Å². The summed E-state index contributed by atoms with van der Waals surface area (Å²) < 4.78 is 11.7. The number of rotatable bonds is 5. The van der Waals surface area contributed by atoms with Gasteiger partial charge in [-0.1, -0.05) is 6.92 Å². The van der Waals surface area contributed by atoms with Crippen LogP contribution in [0.25, 0.3) is 0 Å². The molecule has 1 atom stereocenters. The van der Waals surface area contributed by atoms with Gasteiger partial charge in [0.2, 0.25) is 0 Å². The number of Topliss-reactive ketones (excluding diaryl/α,β-unsaturated/α-hetero) is 1. The molecule has 1 heterocycles. The molecule has 0 amide bonds. The number of methoxy groups -OCH3 is 2. The molecule has 0 fully saturated rings. The smallest absolute Gasteiger partial charge is 0.174 e. The number of allylic oxidation sites excluding steroid dienone is 1. The van der Waals surface area contributed by atoms with Crippen molar-refractivity contribution in [1.29, 1.82) is 0 Å². The quantitative estimate of drug-likeness (QED) is 0.697. The lowest BCUT2D eigenvalue weighted by Gasteiger charge is -2.41. The number of benzene rings is 1. The van der Waals surface area contributed by atoms with Gasteiger partial charge in [0.25, 0.3) is 0 Å². The minimum absolute atomic E-state index is 0.193. The molecule has 1 aromatic rings. The maximum absolute atomic E-state index is 12.8. The topological polar surface area (TPSA) is 50.8 Å². The van der Waals surface area contributed by atoms with Crippen molar-refractivity contribution in [3.63, 3.8) is 0 Å². The van der Waals surface area contributed by atoms with Crippen LogP contribution in [-0.2, 0) is 4.79 Å². The molecule has 0 radical (unpaired) electrons. The summed E-state index contributed by atoms with van der Waals surface area (Å²) in [6, 6.07) is 3.60. The summed E-state index contributed by atoms with van der Waals surface area (Å²) >= 11 is 9.16. The predicted molar refractivity (Wildman–Crippen MR) is 109 cm³/mol. The van der Waals surface area contributed by atoms with E-state index in [1.54, 1.807) is 14.2 Å². The van der Waals surface area contributed by atoms with Gasteiger partial charge in [0.1, 0.15) is 0 Å². The van der Waals surface area contributed by atoms with Crippen LogP contribution in [0.1, 0.15) is 44.2 Å². The highest BCUT2D eigenvalue weighted by atomic mass is 79.9. The first-order chi connectivity index (χ1) is 12.5. The molecule has 1 N–H and O–H groups in total. The lowest BCUT2D eigenvalue weighted by Crippen LogP contribution is -2.49. The van der Waals surface area contributed by atoms with Crippen LogP contribution >= 0.6 is 28.1 Å². The van der Waals surface area contributed by atoms with Gasteiger partial charge >= 0.3 is 0 Å². The standard InChI is InChI=1S/C19H23BrN2O3S/c1-4-8-22-13-6-5-7-14(23)16(13)17(21-19(22)26)11-9-12(20)18(25-3)15(10-11)24-2/h9-10,17H,4-8H2,1-3H3,(H,21,26). The van der Waals surface area contributed by atoms with Crippen molar-refractivity contribution in [2.24, 2.45) is 0 Å². The molecule has 0 aromatic heterocycles. The monoisotopic (exact) mass is 438 g/mol. The van der Waals surface area contributed by atoms with Gasteiger partial charge in [0.15, 0.2) is 22.4 Å². The van der Waals surface area contributed by atoms with Crippen LogP contribution in [0.2, 0.25) is 0 Å². The molecule has 7 heteroatoms. The molecule has 0 bridgehead atoms. The summed E-state index contributed by atoms with van der Waals surface area (Å²) in [6.07, 6.45) is 3.31. The van der Waals surface area contributed by atoms with E-state index in [0.29, 0.717) is 23.0 Å².